The van der Waals surface area contributed by atoms with E-state index in [-0.39, 0.29) is 17.6 Å². The number of hydrogen-bond acceptors (Lipinski definition) is 4. The number of ether oxygens (including phenoxy) is 1. The summed E-state index contributed by atoms with van der Waals surface area (Å²) in [6.07, 6.45) is 5.25. The molecule has 0 bridgehead atoms. The van der Waals surface area contributed by atoms with E-state index in [2.05, 4.69) is 62.1 Å². The van der Waals surface area contributed by atoms with Crippen molar-refractivity contribution in [2.24, 2.45) is 5.41 Å². The summed E-state index contributed by atoms with van der Waals surface area (Å²) in [5, 5.41) is 5.65. The number of nitrogens with one attached hydrogen (secondary N) is 1. The van der Waals surface area contributed by atoms with Gasteiger partial charge in [0.1, 0.15) is 0 Å². The second-order valence-corrected chi connectivity index (χ2v) is 7.31. The molecule has 0 radical (unpaired) electrons. The lowest BCUT2D eigenvalue weighted by Crippen LogP contribution is -2.49. The Bertz CT molecular complexity index is 527. The summed E-state index contributed by atoms with van der Waals surface area (Å²) in [5.74, 6) is 0. The van der Waals surface area contributed by atoms with Gasteiger partial charge >= 0.3 is 0 Å². The molecule has 4 nitrogen and oxygen atoms in total. The molecule has 2 aromatic rings. The van der Waals surface area contributed by atoms with E-state index < -0.39 is 0 Å². The second kappa shape index (κ2) is 6.90. The van der Waals surface area contributed by atoms with Crippen LogP contribution in [0, 0.1) is 5.41 Å². The highest BCUT2D eigenvalue weighted by atomic mass is 32.1. The zero-order chi connectivity index (χ0) is 15.5. The zero-order valence-corrected chi connectivity index (χ0v) is 14.5. The first-order chi connectivity index (χ1) is 9.95. The first-order valence-corrected chi connectivity index (χ1v) is 8.59. The molecule has 0 aliphatic carbocycles. The third-order valence-electron chi connectivity index (χ3n) is 3.60. The molecular weight excluding hydrogens is 282 g/mol. The van der Waals surface area contributed by atoms with Gasteiger partial charge in [0.25, 0.3) is 0 Å². The predicted octanol–water partition coefficient (Wildman–Crippen LogP) is 3.37. The van der Waals surface area contributed by atoms with E-state index in [1.54, 1.807) is 11.3 Å². The summed E-state index contributed by atoms with van der Waals surface area (Å²) in [6.45, 7) is 12.6. The van der Waals surface area contributed by atoms with E-state index in [9.17, 15) is 0 Å². The average Bonchev–Trinajstić information content (AvgIpc) is 2.94. The number of hydrogen-bond donors (Lipinski definition) is 1. The highest BCUT2D eigenvalue weighted by Crippen LogP contribution is 2.27. The second-order valence-electron chi connectivity index (χ2n) is 6.44. The number of imidazole rings is 1. The maximum Gasteiger partial charge on any atom is 0.193 e. The van der Waals surface area contributed by atoms with Crippen molar-refractivity contribution < 1.29 is 4.74 Å². The monoisotopic (exact) mass is 309 g/mol. The van der Waals surface area contributed by atoms with E-state index in [1.165, 1.54) is 0 Å². The molecule has 21 heavy (non-hydrogen) atoms. The normalized spacial score (nSPS) is 15.5. The van der Waals surface area contributed by atoms with E-state index in [4.69, 9.17) is 9.72 Å². The fraction of sp³-hybridized carbons (Fsp3) is 0.688. The van der Waals surface area contributed by atoms with Gasteiger partial charge in [-0.1, -0.05) is 27.7 Å². The van der Waals surface area contributed by atoms with Crippen LogP contribution in [-0.4, -0.2) is 34.7 Å². The summed E-state index contributed by atoms with van der Waals surface area (Å²) in [4.78, 5) is 5.76. The van der Waals surface area contributed by atoms with Gasteiger partial charge in [0.15, 0.2) is 4.96 Å². The SMILES string of the molecule is CCNC(Cc1cn2ccsc2n1)C(OCC)C(C)(C)C. The van der Waals surface area contributed by atoms with Crippen molar-refractivity contribution in [1.82, 2.24) is 14.7 Å². The van der Waals surface area contributed by atoms with Gasteiger partial charge in [-0.05, 0) is 18.9 Å². The van der Waals surface area contributed by atoms with Crippen molar-refractivity contribution in [3.05, 3.63) is 23.5 Å². The molecule has 0 amide bonds. The highest BCUT2D eigenvalue weighted by Gasteiger charge is 2.33. The Morgan fingerprint density at radius 2 is 2.14 bits per heavy atom. The lowest BCUT2D eigenvalue weighted by Gasteiger charge is -2.37. The number of likely N-dealkylation sites (N-methyl/N-ethyl adjacent to an activating group) is 1. The van der Waals surface area contributed by atoms with Crippen LogP contribution in [0.1, 0.15) is 40.3 Å². The number of fused-ring (bicyclic) bond motifs is 1. The Labute approximate surface area is 131 Å². The molecule has 0 fully saturated rings. The molecule has 0 spiro atoms. The molecule has 0 aromatic carbocycles. The van der Waals surface area contributed by atoms with Crippen LogP contribution in [0.5, 0.6) is 0 Å². The van der Waals surface area contributed by atoms with E-state index in [1.807, 2.05) is 0 Å². The molecule has 2 aromatic heterocycles. The topological polar surface area (TPSA) is 38.6 Å². The Morgan fingerprint density at radius 1 is 1.38 bits per heavy atom. The Hall–Kier alpha value is -0.910. The maximum absolute atomic E-state index is 6.05. The molecule has 0 aliphatic heterocycles. The van der Waals surface area contributed by atoms with E-state index in [0.29, 0.717) is 0 Å². The van der Waals surface area contributed by atoms with Crippen LogP contribution in [0.3, 0.4) is 0 Å². The van der Waals surface area contributed by atoms with Crippen LogP contribution >= 0.6 is 11.3 Å². The molecule has 5 heteroatoms. The predicted molar refractivity (Wildman–Crippen MR) is 89.1 cm³/mol. The van der Waals surface area contributed by atoms with Crippen molar-refractivity contribution in [3.8, 4) is 0 Å². The van der Waals surface area contributed by atoms with Crippen molar-refractivity contribution in [1.29, 1.82) is 0 Å². The summed E-state index contributed by atoms with van der Waals surface area (Å²) >= 11 is 1.67. The van der Waals surface area contributed by atoms with Gasteiger partial charge in [-0.3, -0.25) is 4.40 Å². The number of rotatable bonds is 7. The Morgan fingerprint density at radius 3 is 2.71 bits per heavy atom. The summed E-state index contributed by atoms with van der Waals surface area (Å²) in [7, 11) is 0. The fourth-order valence-electron chi connectivity index (χ4n) is 2.80. The van der Waals surface area contributed by atoms with Crippen molar-refractivity contribution in [2.45, 2.75) is 53.2 Å². The van der Waals surface area contributed by atoms with Gasteiger partial charge in [-0.25, -0.2) is 4.98 Å². The zero-order valence-electron chi connectivity index (χ0n) is 13.7. The van der Waals surface area contributed by atoms with Gasteiger partial charge in [0, 0.05) is 36.8 Å². The molecule has 2 rings (SSSR count). The van der Waals surface area contributed by atoms with Crippen molar-refractivity contribution in [3.63, 3.8) is 0 Å². The molecule has 2 heterocycles. The molecule has 0 aliphatic rings. The lowest BCUT2D eigenvalue weighted by atomic mass is 9.83. The van der Waals surface area contributed by atoms with Crippen molar-refractivity contribution in [2.75, 3.05) is 13.2 Å². The van der Waals surface area contributed by atoms with E-state index >= 15 is 0 Å². The quantitative estimate of drug-likeness (QED) is 0.852. The molecule has 1 N–H and O–H groups in total. The number of nitrogens with zero attached hydrogens (tertiary/aromatic N) is 2. The van der Waals surface area contributed by atoms with Gasteiger partial charge in [0.2, 0.25) is 0 Å². The smallest absolute Gasteiger partial charge is 0.193 e. The minimum absolute atomic E-state index is 0.0972. The molecular formula is C16H27N3OS. The standard InChI is InChI=1S/C16H27N3OS/c1-6-17-13(14(20-7-2)16(3,4)5)10-12-11-19-8-9-21-15(19)18-12/h8-9,11,13-14,17H,6-7,10H2,1-5H3. The van der Waals surface area contributed by atoms with Crippen LogP contribution in [0.15, 0.2) is 17.8 Å². The van der Waals surface area contributed by atoms with Gasteiger partial charge in [0.05, 0.1) is 11.8 Å². The molecule has 118 valence electrons. The molecule has 2 unspecified atom stereocenters. The fourth-order valence-corrected chi connectivity index (χ4v) is 3.52. The van der Waals surface area contributed by atoms with E-state index in [0.717, 1.165) is 30.2 Å². The minimum Gasteiger partial charge on any atom is -0.376 e. The number of thiazole rings is 1. The summed E-state index contributed by atoms with van der Waals surface area (Å²) < 4.78 is 8.15. The summed E-state index contributed by atoms with van der Waals surface area (Å²) in [5.41, 5.74) is 1.22. The Balaban J connectivity index is 2.18. The minimum atomic E-state index is 0.0972. The first kappa shape index (κ1) is 16.5. The van der Waals surface area contributed by atoms with Crippen LogP contribution in [-0.2, 0) is 11.2 Å². The van der Waals surface area contributed by atoms with Gasteiger partial charge in [-0.15, -0.1) is 11.3 Å². The number of aromatic nitrogens is 2. The third kappa shape index (κ3) is 4.05. The third-order valence-corrected chi connectivity index (χ3v) is 4.37. The van der Waals surface area contributed by atoms with Crippen LogP contribution in [0.25, 0.3) is 4.96 Å². The largest absolute Gasteiger partial charge is 0.376 e. The van der Waals surface area contributed by atoms with Crippen LogP contribution in [0.2, 0.25) is 0 Å². The Kier molecular flexibility index (Phi) is 5.41. The lowest BCUT2D eigenvalue weighted by molar-refractivity contribution is -0.0354. The highest BCUT2D eigenvalue weighted by molar-refractivity contribution is 7.15. The molecule has 0 saturated heterocycles. The van der Waals surface area contributed by atoms with Crippen LogP contribution in [0.4, 0.5) is 0 Å². The molecule has 0 saturated carbocycles. The van der Waals surface area contributed by atoms with Crippen LogP contribution < -0.4 is 5.32 Å². The van der Waals surface area contributed by atoms with Gasteiger partial charge in [-0.2, -0.15) is 0 Å². The maximum atomic E-state index is 6.05. The average molecular weight is 309 g/mol. The van der Waals surface area contributed by atoms with Crippen molar-refractivity contribution >= 4 is 16.3 Å². The summed E-state index contributed by atoms with van der Waals surface area (Å²) in [6, 6.07) is 0.277. The molecule has 2 atom stereocenters. The first-order valence-electron chi connectivity index (χ1n) is 7.71. The van der Waals surface area contributed by atoms with Gasteiger partial charge < -0.3 is 10.1 Å².